The van der Waals surface area contributed by atoms with E-state index in [2.05, 4.69) is 5.32 Å². The Balaban J connectivity index is 2.70. The molecule has 1 unspecified atom stereocenters. The maximum absolute atomic E-state index is 11.7. The summed E-state index contributed by atoms with van der Waals surface area (Å²) >= 11 is 0. The Morgan fingerprint density at radius 2 is 2.13 bits per heavy atom. The van der Waals surface area contributed by atoms with Gasteiger partial charge >= 0.3 is 0 Å². The lowest BCUT2D eigenvalue weighted by molar-refractivity contribution is -0.134. The Labute approximate surface area is 90.0 Å². The molecular weight excluding hydrogens is 194 g/mol. The number of hydrogen-bond donors (Lipinski definition) is 2. The number of hydrogen-bond acceptors (Lipinski definition) is 3. The van der Waals surface area contributed by atoms with Gasteiger partial charge in [0.05, 0.1) is 0 Å². The lowest BCUT2D eigenvalue weighted by Crippen LogP contribution is -2.49. The van der Waals surface area contributed by atoms with Crippen molar-refractivity contribution in [3.8, 4) is 0 Å². The third-order valence-electron chi connectivity index (χ3n) is 2.16. The van der Waals surface area contributed by atoms with Gasteiger partial charge in [-0.05, 0) is 20.8 Å². The zero-order chi connectivity index (χ0) is 11.6. The summed E-state index contributed by atoms with van der Waals surface area (Å²) in [6, 6.07) is -0.00806. The van der Waals surface area contributed by atoms with E-state index in [0.717, 1.165) is 0 Å². The highest BCUT2D eigenvalue weighted by atomic mass is 16.2. The molecule has 0 bridgehead atoms. The van der Waals surface area contributed by atoms with Crippen molar-refractivity contribution < 1.29 is 9.59 Å². The van der Waals surface area contributed by atoms with E-state index in [-0.39, 0.29) is 24.3 Å². The average molecular weight is 213 g/mol. The van der Waals surface area contributed by atoms with Crippen molar-refractivity contribution in [1.29, 1.82) is 0 Å². The molecule has 15 heavy (non-hydrogen) atoms. The predicted molar refractivity (Wildman–Crippen MR) is 57.1 cm³/mol. The summed E-state index contributed by atoms with van der Waals surface area (Å²) in [7, 11) is 0. The van der Waals surface area contributed by atoms with E-state index in [9.17, 15) is 9.59 Å². The van der Waals surface area contributed by atoms with E-state index in [1.54, 1.807) is 4.90 Å². The van der Waals surface area contributed by atoms with Crippen LogP contribution in [-0.2, 0) is 9.59 Å². The third-order valence-corrected chi connectivity index (χ3v) is 2.16. The average Bonchev–Trinajstić information content (AvgIpc) is 2.07. The van der Waals surface area contributed by atoms with E-state index in [1.807, 2.05) is 20.8 Å². The first-order valence-electron chi connectivity index (χ1n) is 5.14. The summed E-state index contributed by atoms with van der Waals surface area (Å²) in [4.78, 5) is 24.5. The first kappa shape index (κ1) is 12.0. The van der Waals surface area contributed by atoms with Gasteiger partial charge in [-0.15, -0.1) is 0 Å². The van der Waals surface area contributed by atoms with Crippen LogP contribution in [0.15, 0.2) is 0 Å². The van der Waals surface area contributed by atoms with Crippen molar-refractivity contribution in [2.45, 2.75) is 38.8 Å². The molecule has 3 N–H and O–H groups in total. The van der Waals surface area contributed by atoms with Gasteiger partial charge in [-0.2, -0.15) is 0 Å². The first-order valence-corrected chi connectivity index (χ1v) is 5.14. The van der Waals surface area contributed by atoms with Crippen molar-refractivity contribution in [2.75, 3.05) is 13.1 Å². The second-order valence-electron chi connectivity index (χ2n) is 4.91. The molecule has 0 spiro atoms. The van der Waals surface area contributed by atoms with Crippen molar-refractivity contribution in [2.24, 2.45) is 5.73 Å². The van der Waals surface area contributed by atoms with Crippen LogP contribution in [0, 0.1) is 0 Å². The van der Waals surface area contributed by atoms with Crippen LogP contribution in [0.25, 0.3) is 0 Å². The summed E-state index contributed by atoms with van der Waals surface area (Å²) in [6.45, 7) is 6.62. The molecule has 0 aliphatic carbocycles. The van der Waals surface area contributed by atoms with Gasteiger partial charge in [-0.1, -0.05) is 0 Å². The third kappa shape index (κ3) is 3.87. The number of rotatable bonds is 2. The van der Waals surface area contributed by atoms with Crippen LogP contribution in [0.2, 0.25) is 0 Å². The second-order valence-corrected chi connectivity index (χ2v) is 4.91. The Bertz CT molecular complexity index is 270. The normalized spacial score (nSPS) is 23.7. The molecule has 1 aliphatic rings. The maximum atomic E-state index is 11.7. The fourth-order valence-electron chi connectivity index (χ4n) is 1.70. The van der Waals surface area contributed by atoms with Crippen LogP contribution in [0.5, 0.6) is 0 Å². The summed E-state index contributed by atoms with van der Waals surface area (Å²) in [5.74, 6) is -0.347. The highest BCUT2D eigenvalue weighted by molar-refractivity contribution is 5.97. The summed E-state index contributed by atoms with van der Waals surface area (Å²) in [5.41, 5.74) is 5.43. The van der Waals surface area contributed by atoms with Gasteiger partial charge in [0.25, 0.3) is 0 Å². The number of nitrogens with one attached hydrogen (secondary N) is 1. The molecule has 0 aromatic carbocycles. The standard InChI is InChI=1S/C10H19N3O2/c1-7-5-13(6-10(2,3)11)9(15)4-8(14)12-7/h7H,4-6,11H2,1-3H3,(H,12,14). The minimum atomic E-state index is -0.428. The number of nitrogens with zero attached hydrogens (tertiary/aromatic N) is 1. The molecule has 0 saturated carbocycles. The summed E-state index contributed by atoms with van der Waals surface area (Å²) in [5, 5.41) is 2.75. The minimum absolute atomic E-state index is 0.00806. The maximum Gasteiger partial charge on any atom is 0.232 e. The molecule has 1 saturated heterocycles. The molecule has 5 nitrogen and oxygen atoms in total. The Morgan fingerprint density at radius 3 is 2.67 bits per heavy atom. The van der Waals surface area contributed by atoms with E-state index < -0.39 is 5.54 Å². The zero-order valence-corrected chi connectivity index (χ0v) is 9.54. The van der Waals surface area contributed by atoms with Gasteiger partial charge in [-0.25, -0.2) is 0 Å². The number of nitrogens with two attached hydrogens (primary N) is 1. The van der Waals surface area contributed by atoms with Gasteiger partial charge in [0.1, 0.15) is 6.42 Å². The van der Waals surface area contributed by atoms with Gasteiger partial charge in [0.2, 0.25) is 11.8 Å². The Kier molecular flexibility index (Phi) is 3.34. The highest BCUT2D eigenvalue weighted by Gasteiger charge is 2.27. The molecule has 1 heterocycles. The van der Waals surface area contributed by atoms with Crippen molar-refractivity contribution >= 4 is 11.8 Å². The fourth-order valence-corrected chi connectivity index (χ4v) is 1.70. The highest BCUT2D eigenvalue weighted by Crippen LogP contribution is 2.08. The molecular formula is C10H19N3O2. The smallest absolute Gasteiger partial charge is 0.232 e. The molecule has 0 radical (unpaired) electrons. The SMILES string of the molecule is CC1CN(CC(C)(C)N)C(=O)CC(=O)N1. The molecule has 1 rings (SSSR count). The van der Waals surface area contributed by atoms with Crippen LogP contribution in [0.3, 0.4) is 0 Å². The van der Waals surface area contributed by atoms with Gasteiger partial charge in [0.15, 0.2) is 0 Å². The van der Waals surface area contributed by atoms with Crippen molar-refractivity contribution in [3.05, 3.63) is 0 Å². The van der Waals surface area contributed by atoms with E-state index in [0.29, 0.717) is 13.1 Å². The number of amides is 2. The van der Waals surface area contributed by atoms with Crippen LogP contribution in [0.4, 0.5) is 0 Å². The van der Waals surface area contributed by atoms with E-state index in [1.165, 1.54) is 0 Å². The largest absolute Gasteiger partial charge is 0.351 e. The molecule has 1 aliphatic heterocycles. The lowest BCUT2D eigenvalue weighted by Gasteiger charge is -2.29. The van der Waals surface area contributed by atoms with Gasteiger partial charge < -0.3 is 16.0 Å². The lowest BCUT2D eigenvalue weighted by atomic mass is 10.1. The van der Waals surface area contributed by atoms with Crippen LogP contribution in [-0.4, -0.2) is 41.4 Å². The minimum Gasteiger partial charge on any atom is -0.351 e. The van der Waals surface area contributed by atoms with Crippen molar-refractivity contribution in [3.63, 3.8) is 0 Å². The zero-order valence-electron chi connectivity index (χ0n) is 9.54. The number of carbonyl (C=O) groups excluding carboxylic acids is 2. The molecule has 2 amide bonds. The van der Waals surface area contributed by atoms with E-state index in [4.69, 9.17) is 5.73 Å². The van der Waals surface area contributed by atoms with Gasteiger partial charge in [0, 0.05) is 24.7 Å². The second kappa shape index (κ2) is 4.18. The molecule has 86 valence electrons. The quantitative estimate of drug-likeness (QED) is 0.605. The molecule has 1 fully saturated rings. The predicted octanol–water partition coefficient (Wildman–Crippen LogP) is -0.539. The first-order chi connectivity index (χ1) is 6.78. The van der Waals surface area contributed by atoms with E-state index >= 15 is 0 Å². The van der Waals surface area contributed by atoms with Crippen LogP contribution in [0.1, 0.15) is 27.2 Å². The Hall–Kier alpha value is -1.10. The molecule has 0 aromatic heterocycles. The summed E-state index contributed by atoms with van der Waals surface area (Å²) in [6.07, 6.45) is -0.0690. The Morgan fingerprint density at radius 1 is 1.53 bits per heavy atom. The fraction of sp³-hybridized carbons (Fsp3) is 0.800. The summed E-state index contributed by atoms with van der Waals surface area (Å²) < 4.78 is 0. The molecule has 1 atom stereocenters. The topological polar surface area (TPSA) is 75.4 Å². The van der Waals surface area contributed by atoms with Crippen LogP contribution < -0.4 is 11.1 Å². The van der Waals surface area contributed by atoms with Crippen LogP contribution >= 0.6 is 0 Å². The molecule has 5 heteroatoms. The molecule has 0 aromatic rings. The van der Waals surface area contributed by atoms with Crippen molar-refractivity contribution in [1.82, 2.24) is 10.2 Å². The van der Waals surface area contributed by atoms with Gasteiger partial charge in [-0.3, -0.25) is 9.59 Å². The monoisotopic (exact) mass is 213 g/mol. The number of carbonyl (C=O) groups is 2.